The van der Waals surface area contributed by atoms with Crippen molar-refractivity contribution in [3.05, 3.63) is 35.9 Å². The lowest BCUT2D eigenvalue weighted by Gasteiger charge is -2.42. The van der Waals surface area contributed by atoms with Crippen molar-refractivity contribution in [3.63, 3.8) is 0 Å². The monoisotopic (exact) mass is 405 g/mol. The Bertz CT molecular complexity index is 638. The molecule has 4 N–H and O–H groups in total. The molecule has 1 aromatic carbocycles. The number of carbonyl (C=O) groups excluding carboxylic acids is 1. The summed E-state index contributed by atoms with van der Waals surface area (Å²) in [5.41, 5.74) is 1.05. The first-order chi connectivity index (χ1) is 14.1. The molecule has 29 heavy (non-hydrogen) atoms. The lowest BCUT2D eigenvalue weighted by atomic mass is 10.0. The van der Waals surface area contributed by atoms with E-state index in [2.05, 4.69) is 17.1 Å². The molecule has 0 spiro atoms. The van der Waals surface area contributed by atoms with Gasteiger partial charge in [-0.3, -0.25) is 14.6 Å². The fraction of sp³-hybridized carbons (Fsp3) is 0.682. The minimum Gasteiger partial charge on any atom is -0.395 e. The number of likely N-dealkylation sites (tertiary alicyclic amines) is 2. The highest BCUT2D eigenvalue weighted by atomic mass is 16.3. The van der Waals surface area contributed by atoms with Gasteiger partial charge in [0.25, 0.3) is 0 Å². The van der Waals surface area contributed by atoms with Crippen LogP contribution in [0.15, 0.2) is 30.3 Å². The molecule has 1 unspecified atom stereocenters. The molecule has 1 aromatic rings. The van der Waals surface area contributed by atoms with Crippen LogP contribution in [0.25, 0.3) is 0 Å². The van der Waals surface area contributed by atoms with E-state index in [4.69, 9.17) is 0 Å². The van der Waals surface area contributed by atoms with E-state index in [0.717, 1.165) is 44.3 Å². The summed E-state index contributed by atoms with van der Waals surface area (Å²) >= 11 is 0. The van der Waals surface area contributed by atoms with Crippen LogP contribution in [0.1, 0.15) is 50.8 Å². The number of rotatable bonds is 9. The molecule has 0 aromatic heterocycles. The number of nitrogens with one attached hydrogen (secondary N) is 1. The Balaban J connectivity index is 1.89. The highest BCUT2D eigenvalue weighted by molar-refractivity contribution is 5.76. The Morgan fingerprint density at radius 1 is 1.14 bits per heavy atom. The van der Waals surface area contributed by atoms with Gasteiger partial charge >= 0.3 is 0 Å². The summed E-state index contributed by atoms with van der Waals surface area (Å²) in [4.78, 5) is 16.8. The van der Waals surface area contributed by atoms with Crippen LogP contribution in [0.4, 0.5) is 0 Å². The third-order valence-corrected chi connectivity index (χ3v) is 6.21. The van der Waals surface area contributed by atoms with Crippen molar-refractivity contribution in [2.24, 2.45) is 0 Å². The molecule has 0 saturated carbocycles. The van der Waals surface area contributed by atoms with Crippen molar-refractivity contribution in [1.29, 1.82) is 0 Å². The van der Waals surface area contributed by atoms with Crippen LogP contribution in [0.2, 0.25) is 0 Å². The highest BCUT2D eigenvalue weighted by Crippen LogP contribution is 2.39. The number of unbranched alkanes of at least 4 members (excludes halogenated alkanes) is 1. The van der Waals surface area contributed by atoms with E-state index in [1.165, 1.54) is 0 Å². The molecule has 2 heterocycles. The van der Waals surface area contributed by atoms with Gasteiger partial charge in [-0.05, 0) is 37.9 Å². The predicted molar refractivity (Wildman–Crippen MR) is 111 cm³/mol. The van der Waals surface area contributed by atoms with Crippen molar-refractivity contribution in [3.8, 4) is 0 Å². The van der Waals surface area contributed by atoms with Crippen molar-refractivity contribution in [1.82, 2.24) is 15.1 Å². The average molecular weight is 406 g/mol. The van der Waals surface area contributed by atoms with E-state index < -0.39 is 24.3 Å². The maximum atomic E-state index is 12.5. The quantitative estimate of drug-likeness (QED) is 0.455. The van der Waals surface area contributed by atoms with Crippen LogP contribution >= 0.6 is 0 Å². The van der Waals surface area contributed by atoms with E-state index in [1.807, 2.05) is 35.2 Å². The smallest absolute Gasteiger partial charge is 0.221 e. The van der Waals surface area contributed by atoms with Crippen LogP contribution < -0.4 is 5.32 Å². The molecule has 5 atom stereocenters. The van der Waals surface area contributed by atoms with Gasteiger partial charge in [-0.1, -0.05) is 43.7 Å². The molecule has 3 rings (SSSR count). The summed E-state index contributed by atoms with van der Waals surface area (Å²) in [6.45, 7) is 4.23. The summed E-state index contributed by atoms with van der Waals surface area (Å²) in [7, 11) is 0. The Labute approximate surface area is 173 Å². The van der Waals surface area contributed by atoms with Crippen molar-refractivity contribution >= 4 is 5.91 Å². The third kappa shape index (κ3) is 4.98. The van der Waals surface area contributed by atoms with E-state index >= 15 is 0 Å². The SMILES string of the molecule is CCCCNC(=O)C[C@@H]1[C@H](O)[C@H](O)[C@@H](CO)N1C(c1ccccc1)N1CCCC1. The van der Waals surface area contributed by atoms with E-state index in [-0.39, 0.29) is 25.1 Å². The Morgan fingerprint density at radius 3 is 2.41 bits per heavy atom. The molecular weight excluding hydrogens is 370 g/mol. The summed E-state index contributed by atoms with van der Waals surface area (Å²) < 4.78 is 0. The summed E-state index contributed by atoms with van der Waals surface area (Å²) in [6, 6.07) is 8.79. The Hall–Kier alpha value is -1.51. The summed E-state index contributed by atoms with van der Waals surface area (Å²) in [5, 5.41) is 34.4. The zero-order valence-electron chi connectivity index (χ0n) is 17.3. The Kier molecular flexibility index (Phi) is 8.03. The second kappa shape index (κ2) is 10.5. The molecule has 2 aliphatic rings. The van der Waals surface area contributed by atoms with Gasteiger partial charge < -0.3 is 20.6 Å². The maximum absolute atomic E-state index is 12.5. The van der Waals surface area contributed by atoms with Crippen molar-refractivity contribution in [2.75, 3.05) is 26.2 Å². The standard InChI is InChI=1S/C22H35N3O4/c1-2-3-11-23-19(27)14-17-20(28)21(29)18(15-26)25(17)22(24-12-7-8-13-24)16-9-5-4-6-10-16/h4-6,9-10,17-18,20-22,26,28-29H,2-3,7-8,11-15H2,1H3,(H,23,27)/t17-,18-,20+,21-,22?/m1/s1. The first-order valence-electron chi connectivity index (χ1n) is 10.9. The lowest BCUT2D eigenvalue weighted by molar-refractivity contribution is -0.124. The number of aliphatic hydroxyl groups excluding tert-OH is 3. The molecule has 0 aliphatic carbocycles. The van der Waals surface area contributed by atoms with E-state index in [9.17, 15) is 20.1 Å². The maximum Gasteiger partial charge on any atom is 0.221 e. The van der Waals surface area contributed by atoms with Crippen LogP contribution in [0, 0.1) is 0 Å². The van der Waals surface area contributed by atoms with Gasteiger partial charge in [-0.15, -0.1) is 0 Å². The molecule has 7 heteroatoms. The summed E-state index contributed by atoms with van der Waals surface area (Å²) in [5.74, 6) is -0.133. The number of benzene rings is 1. The van der Waals surface area contributed by atoms with Gasteiger partial charge in [0.1, 0.15) is 0 Å². The fourth-order valence-corrected chi connectivity index (χ4v) is 4.69. The average Bonchev–Trinajstić information content (AvgIpc) is 3.33. The Morgan fingerprint density at radius 2 is 1.79 bits per heavy atom. The number of amides is 1. The van der Waals surface area contributed by atoms with Crippen molar-refractivity contribution < 1.29 is 20.1 Å². The first kappa shape index (κ1) is 22.2. The van der Waals surface area contributed by atoms with Crippen LogP contribution in [-0.4, -0.2) is 81.6 Å². The fourth-order valence-electron chi connectivity index (χ4n) is 4.69. The van der Waals surface area contributed by atoms with Crippen molar-refractivity contribution in [2.45, 2.75) is 69.5 Å². The van der Waals surface area contributed by atoms with Crippen LogP contribution in [0.5, 0.6) is 0 Å². The van der Waals surface area contributed by atoms with Gasteiger partial charge in [0.2, 0.25) is 5.91 Å². The topological polar surface area (TPSA) is 96.3 Å². The van der Waals surface area contributed by atoms with Gasteiger partial charge in [0.15, 0.2) is 0 Å². The summed E-state index contributed by atoms with van der Waals surface area (Å²) in [6.07, 6.45) is 1.80. The first-order valence-corrected chi connectivity index (χ1v) is 10.9. The number of hydrogen-bond acceptors (Lipinski definition) is 6. The predicted octanol–water partition coefficient (Wildman–Crippen LogP) is 0.854. The van der Waals surface area contributed by atoms with Gasteiger partial charge in [0, 0.05) is 19.0 Å². The largest absolute Gasteiger partial charge is 0.395 e. The van der Waals surface area contributed by atoms with Gasteiger partial charge in [0.05, 0.1) is 31.0 Å². The molecule has 2 aliphatic heterocycles. The molecule has 2 fully saturated rings. The lowest BCUT2D eigenvalue weighted by Crippen LogP contribution is -2.50. The zero-order chi connectivity index (χ0) is 20.8. The van der Waals surface area contributed by atoms with Crippen LogP contribution in [0.3, 0.4) is 0 Å². The number of hydrogen-bond donors (Lipinski definition) is 4. The normalized spacial score (nSPS) is 29.2. The number of aliphatic hydroxyl groups is 3. The highest BCUT2D eigenvalue weighted by Gasteiger charge is 2.52. The molecule has 0 radical (unpaired) electrons. The second-order valence-corrected chi connectivity index (χ2v) is 8.18. The van der Waals surface area contributed by atoms with Gasteiger partial charge in [-0.25, -0.2) is 0 Å². The van der Waals surface area contributed by atoms with E-state index in [0.29, 0.717) is 6.54 Å². The third-order valence-electron chi connectivity index (χ3n) is 6.21. The zero-order valence-corrected chi connectivity index (χ0v) is 17.3. The molecule has 7 nitrogen and oxygen atoms in total. The number of carbonyl (C=O) groups is 1. The van der Waals surface area contributed by atoms with E-state index in [1.54, 1.807) is 0 Å². The van der Waals surface area contributed by atoms with Gasteiger partial charge in [-0.2, -0.15) is 0 Å². The minimum atomic E-state index is -1.10. The second-order valence-electron chi connectivity index (χ2n) is 8.18. The minimum absolute atomic E-state index is 0.0929. The number of nitrogens with zero attached hydrogens (tertiary/aromatic N) is 2. The van der Waals surface area contributed by atoms with Crippen LogP contribution in [-0.2, 0) is 4.79 Å². The molecule has 0 bridgehead atoms. The molecule has 1 amide bonds. The molecule has 2 saturated heterocycles. The molecule has 162 valence electrons. The molecular formula is C22H35N3O4.